The van der Waals surface area contributed by atoms with Crippen molar-refractivity contribution in [3.8, 4) is 0 Å². The van der Waals surface area contributed by atoms with E-state index in [1.807, 2.05) is 6.92 Å². The van der Waals surface area contributed by atoms with E-state index in [0.717, 1.165) is 0 Å². The molecule has 2 N–H and O–H groups in total. The van der Waals surface area contributed by atoms with Crippen LogP contribution in [0.1, 0.15) is 23.8 Å². The van der Waals surface area contributed by atoms with Crippen LogP contribution in [0.3, 0.4) is 0 Å². The van der Waals surface area contributed by atoms with Gasteiger partial charge in [0.2, 0.25) is 10.0 Å². The van der Waals surface area contributed by atoms with Gasteiger partial charge in [-0.05, 0) is 19.5 Å². The first-order valence-corrected chi connectivity index (χ1v) is 7.82. The summed E-state index contributed by atoms with van der Waals surface area (Å²) < 4.78 is 27.0. The van der Waals surface area contributed by atoms with E-state index < -0.39 is 28.4 Å². The average molecular weight is 317 g/mol. The van der Waals surface area contributed by atoms with E-state index >= 15 is 0 Å². The molecule has 1 heterocycles. The molecule has 118 valence electrons. The summed E-state index contributed by atoms with van der Waals surface area (Å²) in [5.74, 6) is -1.63. The molecule has 0 radical (unpaired) electrons. The van der Waals surface area contributed by atoms with Gasteiger partial charge in [-0.25, -0.2) is 13.1 Å². The first-order valence-electron chi connectivity index (χ1n) is 6.34. The number of amides is 1. The predicted molar refractivity (Wildman–Crippen MR) is 75.5 cm³/mol. The topological polar surface area (TPSA) is 109 Å². The van der Waals surface area contributed by atoms with E-state index in [2.05, 4.69) is 4.72 Å². The summed E-state index contributed by atoms with van der Waals surface area (Å²) >= 11 is 0. The van der Waals surface area contributed by atoms with Crippen LogP contribution in [0.4, 0.5) is 0 Å². The molecular weight excluding hydrogens is 298 g/mol. The Balaban J connectivity index is 3.14. The van der Waals surface area contributed by atoms with Crippen LogP contribution < -0.4 is 4.72 Å². The van der Waals surface area contributed by atoms with Gasteiger partial charge < -0.3 is 14.6 Å². The Hall–Kier alpha value is -1.87. The molecule has 0 spiro atoms. The number of nitrogens with zero attached hydrogens (tertiary/aromatic N) is 2. The summed E-state index contributed by atoms with van der Waals surface area (Å²) in [4.78, 5) is 24.3. The zero-order valence-electron chi connectivity index (χ0n) is 12.2. The average Bonchev–Trinajstić information content (AvgIpc) is 2.80. The van der Waals surface area contributed by atoms with E-state index in [9.17, 15) is 18.0 Å². The lowest BCUT2D eigenvalue weighted by molar-refractivity contribution is -0.137. The van der Waals surface area contributed by atoms with E-state index in [0.29, 0.717) is 6.42 Å². The maximum atomic E-state index is 12.3. The van der Waals surface area contributed by atoms with Gasteiger partial charge in [0.15, 0.2) is 0 Å². The summed E-state index contributed by atoms with van der Waals surface area (Å²) in [6.07, 6.45) is 1.91. The number of hydrogen-bond acceptors (Lipinski definition) is 4. The molecule has 1 aromatic rings. The van der Waals surface area contributed by atoms with Gasteiger partial charge in [-0.1, -0.05) is 6.92 Å². The lowest BCUT2D eigenvalue weighted by atomic mass is 10.3. The van der Waals surface area contributed by atoms with Gasteiger partial charge in [0.1, 0.15) is 17.1 Å². The van der Waals surface area contributed by atoms with Crippen molar-refractivity contribution in [2.75, 3.05) is 20.1 Å². The zero-order valence-corrected chi connectivity index (χ0v) is 13.0. The van der Waals surface area contributed by atoms with Crippen molar-refractivity contribution in [2.45, 2.75) is 18.2 Å². The number of aryl methyl sites for hydroxylation is 1. The molecule has 0 aliphatic carbocycles. The molecule has 0 saturated carbocycles. The van der Waals surface area contributed by atoms with Crippen LogP contribution in [0.5, 0.6) is 0 Å². The highest BCUT2D eigenvalue weighted by Gasteiger charge is 2.23. The summed E-state index contributed by atoms with van der Waals surface area (Å²) in [6.45, 7) is 1.68. The van der Waals surface area contributed by atoms with Gasteiger partial charge in [0.25, 0.3) is 5.91 Å². The Bertz CT molecular complexity index is 635. The molecule has 8 nitrogen and oxygen atoms in total. The smallest absolute Gasteiger partial charge is 0.323 e. The van der Waals surface area contributed by atoms with Crippen LogP contribution in [0.25, 0.3) is 0 Å². The second-order valence-electron chi connectivity index (χ2n) is 4.50. The third-order valence-corrected chi connectivity index (χ3v) is 4.27. The molecule has 9 heteroatoms. The minimum absolute atomic E-state index is 0.0392. The number of sulfonamides is 1. The van der Waals surface area contributed by atoms with E-state index in [1.54, 1.807) is 0 Å². The number of carbonyl (C=O) groups is 2. The fraction of sp³-hybridized carbons (Fsp3) is 0.500. The van der Waals surface area contributed by atoms with E-state index in [-0.39, 0.29) is 17.1 Å². The van der Waals surface area contributed by atoms with Crippen molar-refractivity contribution >= 4 is 21.9 Å². The van der Waals surface area contributed by atoms with E-state index in [4.69, 9.17) is 5.11 Å². The Labute approximate surface area is 123 Å². The zero-order chi connectivity index (χ0) is 16.2. The van der Waals surface area contributed by atoms with Gasteiger partial charge in [0, 0.05) is 19.8 Å². The standard InChI is InChI=1S/C12H19N3O5S/c1-4-5-15(8-11(16)17)12(18)10-6-9(7-14(10)3)21(19,20)13-2/h6-7,13H,4-5,8H2,1-3H3,(H,16,17). The van der Waals surface area contributed by atoms with Crippen molar-refractivity contribution in [2.24, 2.45) is 7.05 Å². The molecule has 0 bridgehead atoms. The molecule has 1 amide bonds. The number of hydrogen-bond donors (Lipinski definition) is 2. The van der Waals surface area contributed by atoms with Crippen molar-refractivity contribution < 1.29 is 23.1 Å². The molecule has 0 aliphatic heterocycles. The van der Waals surface area contributed by atoms with Crippen LogP contribution in [0.2, 0.25) is 0 Å². The first kappa shape index (κ1) is 17.2. The van der Waals surface area contributed by atoms with Crippen LogP contribution in [0.15, 0.2) is 17.2 Å². The van der Waals surface area contributed by atoms with Crippen LogP contribution >= 0.6 is 0 Å². The lowest BCUT2D eigenvalue weighted by Crippen LogP contribution is -2.37. The maximum Gasteiger partial charge on any atom is 0.323 e. The van der Waals surface area contributed by atoms with Gasteiger partial charge in [-0.3, -0.25) is 9.59 Å². The number of rotatable bonds is 7. The fourth-order valence-electron chi connectivity index (χ4n) is 1.86. The molecule has 1 aromatic heterocycles. The van der Waals surface area contributed by atoms with E-state index in [1.165, 1.54) is 35.8 Å². The third kappa shape index (κ3) is 4.05. The number of aliphatic carboxylic acids is 1. The minimum atomic E-state index is -3.65. The highest BCUT2D eigenvalue weighted by atomic mass is 32.2. The SMILES string of the molecule is CCCN(CC(=O)O)C(=O)c1cc(S(=O)(=O)NC)cn1C. The normalized spacial score (nSPS) is 11.4. The highest BCUT2D eigenvalue weighted by molar-refractivity contribution is 7.89. The molecule has 1 rings (SSSR count). The quantitative estimate of drug-likeness (QED) is 0.728. The number of carboxylic acid groups (broad SMARTS) is 1. The Morgan fingerprint density at radius 1 is 1.43 bits per heavy atom. The second-order valence-corrected chi connectivity index (χ2v) is 6.39. The fourth-order valence-corrected chi connectivity index (χ4v) is 2.66. The molecule has 0 unspecified atom stereocenters. The maximum absolute atomic E-state index is 12.3. The number of carboxylic acids is 1. The van der Waals surface area contributed by atoms with Crippen LogP contribution in [-0.2, 0) is 21.9 Å². The predicted octanol–water partition coefficient (Wildman–Crippen LogP) is -0.130. The summed E-state index contributed by atoms with van der Waals surface area (Å²) in [6, 6.07) is 1.23. The molecule has 21 heavy (non-hydrogen) atoms. The van der Waals surface area contributed by atoms with Crippen molar-refractivity contribution in [1.29, 1.82) is 0 Å². The number of aromatic nitrogens is 1. The summed E-state index contributed by atoms with van der Waals surface area (Å²) in [7, 11) is -0.842. The number of nitrogens with one attached hydrogen (secondary N) is 1. The van der Waals surface area contributed by atoms with Gasteiger partial charge >= 0.3 is 5.97 Å². The van der Waals surface area contributed by atoms with Crippen LogP contribution in [0, 0.1) is 0 Å². The lowest BCUT2D eigenvalue weighted by Gasteiger charge is -2.20. The minimum Gasteiger partial charge on any atom is -0.480 e. The first-order chi connectivity index (χ1) is 9.72. The molecule has 0 fully saturated rings. The van der Waals surface area contributed by atoms with Crippen LogP contribution in [-0.4, -0.2) is 55.0 Å². The number of carbonyl (C=O) groups excluding carboxylic acids is 1. The van der Waals surface area contributed by atoms with Gasteiger partial charge in [-0.15, -0.1) is 0 Å². The Morgan fingerprint density at radius 3 is 2.52 bits per heavy atom. The Morgan fingerprint density at radius 2 is 2.05 bits per heavy atom. The Kier molecular flexibility index (Phi) is 5.50. The molecule has 0 aliphatic rings. The summed E-state index contributed by atoms with van der Waals surface area (Å²) in [5, 5.41) is 8.84. The third-order valence-electron chi connectivity index (χ3n) is 2.88. The summed E-state index contributed by atoms with van der Waals surface area (Å²) in [5.41, 5.74) is 0.124. The molecule has 0 atom stereocenters. The highest BCUT2D eigenvalue weighted by Crippen LogP contribution is 2.15. The van der Waals surface area contributed by atoms with Gasteiger partial charge in [-0.2, -0.15) is 0 Å². The monoisotopic (exact) mass is 317 g/mol. The van der Waals surface area contributed by atoms with Gasteiger partial charge in [0.05, 0.1) is 0 Å². The van der Waals surface area contributed by atoms with Crippen molar-refractivity contribution in [1.82, 2.24) is 14.2 Å². The molecule has 0 saturated heterocycles. The van der Waals surface area contributed by atoms with Crippen molar-refractivity contribution in [3.05, 3.63) is 18.0 Å². The second kappa shape index (κ2) is 6.72. The molecule has 0 aromatic carbocycles. The largest absolute Gasteiger partial charge is 0.480 e. The van der Waals surface area contributed by atoms with Crippen molar-refractivity contribution in [3.63, 3.8) is 0 Å². The molecular formula is C12H19N3O5S.